The number of aliphatic hydroxyl groups excluding tert-OH is 1. The Bertz CT molecular complexity index is 381. The Labute approximate surface area is 92.8 Å². The average molecular weight is 226 g/mol. The van der Waals surface area contributed by atoms with Gasteiger partial charge in [0.15, 0.2) is 0 Å². The molecular weight excluding hydrogens is 212 g/mol. The highest BCUT2D eigenvalue weighted by atomic mass is 16.6. The molecule has 0 saturated heterocycles. The van der Waals surface area contributed by atoms with Gasteiger partial charge in [0.05, 0.1) is 10.5 Å². The minimum absolute atomic E-state index is 0.000242. The fourth-order valence-corrected chi connectivity index (χ4v) is 1.21. The van der Waals surface area contributed by atoms with Crippen LogP contribution in [0.25, 0.3) is 0 Å². The van der Waals surface area contributed by atoms with Gasteiger partial charge >= 0.3 is 0 Å². The van der Waals surface area contributed by atoms with Gasteiger partial charge in [-0.2, -0.15) is 0 Å². The van der Waals surface area contributed by atoms with Crippen LogP contribution in [0.15, 0.2) is 18.2 Å². The van der Waals surface area contributed by atoms with Crippen molar-refractivity contribution in [3.8, 4) is 5.75 Å². The number of ether oxygens (including phenoxy) is 1. The maximum absolute atomic E-state index is 10.6. The van der Waals surface area contributed by atoms with E-state index in [4.69, 9.17) is 10.5 Å². The van der Waals surface area contributed by atoms with E-state index >= 15 is 0 Å². The first-order valence-corrected chi connectivity index (χ1v) is 4.81. The maximum atomic E-state index is 10.6. The van der Waals surface area contributed by atoms with Gasteiger partial charge in [-0.1, -0.05) is 6.07 Å². The second-order valence-electron chi connectivity index (χ2n) is 3.36. The Morgan fingerprint density at radius 3 is 2.88 bits per heavy atom. The molecule has 0 aliphatic heterocycles. The van der Waals surface area contributed by atoms with E-state index < -0.39 is 11.0 Å². The summed E-state index contributed by atoms with van der Waals surface area (Å²) in [6, 6.07) is 4.56. The fourth-order valence-electron chi connectivity index (χ4n) is 1.21. The number of hydrogen-bond donors (Lipinski definition) is 2. The third kappa shape index (κ3) is 2.91. The molecule has 0 bridgehead atoms. The molecule has 0 heterocycles. The first-order valence-electron chi connectivity index (χ1n) is 4.81. The van der Waals surface area contributed by atoms with E-state index in [0.29, 0.717) is 11.3 Å². The summed E-state index contributed by atoms with van der Waals surface area (Å²) in [5, 5.41) is 19.9. The van der Waals surface area contributed by atoms with E-state index in [1.807, 2.05) is 0 Å². The Balaban J connectivity index is 2.81. The van der Waals surface area contributed by atoms with Gasteiger partial charge in [-0.25, -0.2) is 0 Å². The lowest BCUT2D eigenvalue weighted by atomic mass is 10.2. The summed E-state index contributed by atoms with van der Waals surface area (Å²) in [7, 11) is 0. The highest BCUT2D eigenvalue weighted by molar-refractivity contribution is 5.48. The lowest BCUT2D eigenvalue weighted by Gasteiger charge is -2.11. The van der Waals surface area contributed by atoms with Gasteiger partial charge in [-0.15, -0.1) is 0 Å². The number of rotatable bonds is 5. The van der Waals surface area contributed by atoms with E-state index in [9.17, 15) is 15.2 Å². The number of nitrogens with zero attached hydrogens (tertiary/aromatic N) is 1. The van der Waals surface area contributed by atoms with Gasteiger partial charge in [0.1, 0.15) is 18.5 Å². The predicted molar refractivity (Wildman–Crippen MR) is 58.4 cm³/mol. The zero-order valence-electron chi connectivity index (χ0n) is 8.92. The summed E-state index contributed by atoms with van der Waals surface area (Å²) >= 11 is 0. The molecule has 0 radical (unpaired) electrons. The summed E-state index contributed by atoms with van der Waals surface area (Å²) < 4.78 is 5.25. The van der Waals surface area contributed by atoms with Crippen molar-refractivity contribution in [1.29, 1.82) is 0 Å². The lowest BCUT2D eigenvalue weighted by Crippen LogP contribution is -2.26. The van der Waals surface area contributed by atoms with Gasteiger partial charge < -0.3 is 15.6 Å². The molecule has 0 aliphatic rings. The number of aliphatic hydroxyl groups is 1. The Kier molecular flexibility index (Phi) is 4.21. The zero-order chi connectivity index (χ0) is 12.1. The number of nitro benzene ring substituents is 1. The molecule has 88 valence electrons. The third-order valence-corrected chi connectivity index (χ3v) is 2.16. The van der Waals surface area contributed by atoms with Gasteiger partial charge in [-0.05, 0) is 13.0 Å². The number of nitrogens with two attached hydrogens (primary N) is 1. The molecule has 0 spiro atoms. The molecule has 1 rings (SSSR count). The highest BCUT2D eigenvalue weighted by Gasteiger charge is 2.14. The molecule has 6 nitrogen and oxygen atoms in total. The molecule has 1 aromatic rings. The molecule has 6 heteroatoms. The van der Waals surface area contributed by atoms with Crippen molar-refractivity contribution in [1.82, 2.24) is 0 Å². The van der Waals surface area contributed by atoms with E-state index in [2.05, 4.69) is 0 Å². The first kappa shape index (κ1) is 12.4. The summed E-state index contributed by atoms with van der Waals surface area (Å²) in [6.45, 7) is 1.72. The second-order valence-corrected chi connectivity index (χ2v) is 3.36. The average Bonchev–Trinajstić information content (AvgIpc) is 2.26. The van der Waals surface area contributed by atoms with Gasteiger partial charge in [0.25, 0.3) is 5.69 Å². The summed E-state index contributed by atoms with van der Waals surface area (Å²) in [5.74, 6) is 0.390. The van der Waals surface area contributed by atoms with Crippen molar-refractivity contribution < 1.29 is 14.8 Å². The van der Waals surface area contributed by atoms with Crippen LogP contribution in [-0.2, 0) is 0 Å². The molecule has 3 N–H and O–H groups in total. The standard InChI is InChI=1S/C10H14N2O4/c1-7-9(12(14)15)3-2-4-10(7)16-6-8(13)5-11/h2-4,8,13H,5-6,11H2,1H3. The van der Waals surface area contributed by atoms with Gasteiger partial charge in [-0.3, -0.25) is 10.1 Å². The molecule has 1 aromatic carbocycles. The van der Waals surface area contributed by atoms with Crippen LogP contribution in [0.5, 0.6) is 5.75 Å². The minimum Gasteiger partial charge on any atom is -0.490 e. The number of benzene rings is 1. The highest BCUT2D eigenvalue weighted by Crippen LogP contribution is 2.26. The van der Waals surface area contributed by atoms with Crippen molar-refractivity contribution in [3.63, 3.8) is 0 Å². The molecule has 1 unspecified atom stereocenters. The normalized spacial score (nSPS) is 12.2. The van der Waals surface area contributed by atoms with Crippen LogP contribution in [0.3, 0.4) is 0 Å². The lowest BCUT2D eigenvalue weighted by molar-refractivity contribution is -0.385. The summed E-state index contributed by atoms with van der Waals surface area (Å²) in [4.78, 5) is 10.2. The fraction of sp³-hybridized carbons (Fsp3) is 0.400. The van der Waals surface area contributed by atoms with Crippen LogP contribution in [0.1, 0.15) is 5.56 Å². The number of nitro groups is 1. The monoisotopic (exact) mass is 226 g/mol. The molecule has 0 fully saturated rings. The van der Waals surface area contributed by atoms with E-state index in [-0.39, 0.29) is 18.8 Å². The molecule has 1 atom stereocenters. The molecule has 0 aliphatic carbocycles. The van der Waals surface area contributed by atoms with Crippen LogP contribution < -0.4 is 10.5 Å². The van der Waals surface area contributed by atoms with Crippen LogP contribution >= 0.6 is 0 Å². The van der Waals surface area contributed by atoms with Gasteiger partial charge in [0, 0.05) is 12.6 Å². The van der Waals surface area contributed by atoms with Crippen LogP contribution in [-0.4, -0.2) is 29.3 Å². The van der Waals surface area contributed by atoms with Crippen molar-refractivity contribution in [2.24, 2.45) is 5.73 Å². The van der Waals surface area contributed by atoms with Crippen molar-refractivity contribution >= 4 is 5.69 Å². The Morgan fingerprint density at radius 1 is 1.62 bits per heavy atom. The zero-order valence-corrected chi connectivity index (χ0v) is 8.92. The SMILES string of the molecule is Cc1c(OCC(O)CN)cccc1[N+](=O)[O-]. The predicted octanol–water partition coefficient (Wildman–Crippen LogP) is 0.602. The topological polar surface area (TPSA) is 98.6 Å². The largest absolute Gasteiger partial charge is 0.490 e. The molecular formula is C10H14N2O4. The summed E-state index contributed by atoms with van der Waals surface area (Å²) in [5.41, 5.74) is 5.66. The van der Waals surface area contributed by atoms with Crippen LogP contribution in [0, 0.1) is 17.0 Å². The molecule has 0 saturated carbocycles. The van der Waals surface area contributed by atoms with Crippen molar-refractivity contribution in [3.05, 3.63) is 33.9 Å². The minimum atomic E-state index is -0.765. The van der Waals surface area contributed by atoms with Crippen LogP contribution in [0.4, 0.5) is 5.69 Å². The van der Waals surface area contributed by atoms with E-state index in [1.54, 1.807) is 13.0 Å². The van der Waals surface area contributed by atoms with Crippen molar-refractivity contribution in [2.45, 2.75) is 13.0 Å². The number of hydrogen-bond acceptors (Lipinski definition) is 5. The van der Waals surface area contributed by atoms with Crippen molar-refractivity contribution in [2.75, 3.05) is 13.2 Å². The van der Waals surface area contributed by atoms with Crippen LogP contribution in [0.2, 0.25) is 0 Å². The smallest absolute Gasteiger partial charge is 0.276 e. The second kappa shape index (κ2) is 5.43. The van der Waals surface area contributed by atoms with E-state index in [1.165, 1.54) is 12.1 Å². The first-order chi connectivity index (χ1) is 7.56. The third-order valence-electron chi connectivity index (χ3n) is 2.16. The Morgan fingerprint density at radius 2 is 2.31 bits per heavy atom. The van der Waals surface area contributed by atoms with Gasteiger partial charge in [0.2, 0.25) is 0 Å². The molecule has 0 aromatic heterocycles. The summed E-state index contributed by atoms with van der Waals surface area (Å²) in [6.07, 6.45) is -0.765. The molecule has 0 amide bonds. The maximum Gasteiger partial charge on any atom is 0.276 e. The Hall–Kier alpha value is -1.66. The van der Waals surface area contributed by atoms with E-state index in [0.717, 1.165) is 0 Å². The molecule has 16 heavy (non-hydrogen) atoms. The quantitative estimate of drug-likeness (QED) is 0.566.